The molecule has 4 rings (SSSR count). The fraction of sp³-hybridized carbons (Fsp3) is 0.591. The van der Waals surface area contributed by atoms with Crippen molar-refractivity contribution in [3.8, 4) is 0 Å². The first kappa shape index (κ1) is 21.9. The largest absolute Gasteiger partial charge is 0.444 e. The van der Waals surface area contributed by atoms with Crippen LogP contribution in [0.25, 0.3) is 0 Å². The molecular weight excluding hydrogens is 384 g/mol. The Bertz CT molecular complexity index is 783. The quantitative estimate of drug-likeness (QED) is 0.634. The summed E-state index contributed by atoms with van der Waals surface area (Å²) in [5.41, 5.74) is 0.0597. The van der Waals surface area contributed by atoms with Crippen LogP contribution in [-0.4, -0.2) is 59.7 Å². The average molecular weight is 417 g/mol. The van der Waals surface area contributed by atoms with Gasteiger partial charge in [0, 0.05) is 19.1 Å². The molecule has 3 aliphatic rings. The second kappa shape index (κ2) is 8.16. The Morgan fingerprint density at radius 1 is 1.10 bits per heavy atom. The van der Waals surface area contributed by atoms with Crippen molar-refractivity contribution < 1.29 is 19.1 Å². The van der Waals surface area contributed by atoms with E-state index in [2.05, 4.69) is 16.0 Å². The van der Waals surface area contributed by atoms with Crippen molar-refractivity contribution in [2.45, 2.75) is 63.1 Å². The summed E-state index contributed by atoms with van der Waals surface area (Å²) in [7, 11) is 1.51. The van der Waals surface area contributed by atoms with E-state index >= 15 is 0 Å². The van der Waals surface area contributed by atoms with Gasteiger partial charge in [-0.25, -0.2) is 9.59 Å². The Morgan fingerprint density at radius 3 is 2.30 bits per heavy atom. The van der Waals surface area contributed by atoms with Crippen molar-refractivity contribution in [2.75, 3.05) is 20.1 Å². The molecule has 1 aromatic carbocycles. The second-order valence-corrected chi connectivity index (χ2v) is 9.38. The van der Waals surface area contributed by atoms with Gasteiger partial charge in [-0.15, -0.1) is 0 Å². The second-order valence-electron chi connectivity index (χ2n) is 9.38. The van der Waals surface area contributed by atoms with Crippen LogP contribution in [0, 0.1) is 0 Å². The smallest absolute Gasteiger partial charge is 0.408 e. The summed E-state index contributed by atoms with van der Waals surface area (Å²) >= 11 is 0. The molecule has 0 radical (unpaired) electrons. The summed E-state index contributed by atoms with van der Waals surface area (Å²) in [4.78, 5) is 38.5. The van der Waals surface area contributed by atoms with Crippen molar-refractivity contribution in [1.29, 1.82) is 0 Å². The van der Waals surface area contributed by atoms with Gasteiger partial charge in [0.1, 0.15) is 5.60 Å². The Morgan fingerprint density at radius 2 is 1.73 bits per heavy atom. The molecule has 8 heteroatoms. The first-order chi connectivity index (χ1) is 14.1. The Kier molecular flexibility index (Phi) is 5.97. The third kappa shape index (κ3) is 4.86. The third-order valence-electron chi connectivity index (χ3n) is 5.74. The molecule has 0 unspecified atom stereocenters. The number of hydrogen-bond donors (Lipinski definition) is 3. The van der Waals surface area contributed by atoms with Crippen LogP contribution < -0.4 is 16.0 Å². The topological polar surface area (TPSA) is 99.8 Å². The van der Waals surface area contributed by atoms with Gasteiger partial charge in [-0.05, 0) is 52.0 Å². The van der Waals surface area contributed by atoms with E-state index in [1.54, 1.807) is 0 Å². The third-order valence-corrected chi connectivity index (χ3v) is 5.74. The molecular formula is C22H32N4O4. The number of benzene rings is 1. The summed E-state index contributed by atoms with van der Waals surface area (Å²) in [5.74, 6) is -0.111. The molecule has 2 bridgehead atoms. The van der Waals surface area contributed by atoms with Crippen LogP contribution in [0.15, 0.2) is 30.3 Å². The summed E-state index contributed by atoms with van der Waals surface area (Å²) in [5, 5.41) is 8.03. The van der Waals surface area contributed by atoms with E-state index in [-0.39, 0.29) is 29.6 Å². The number of urea groups is 1. The van der Waals surface area contributed by atoms with Gasteiger partial charge >= 0.3 is 12.1 Å². The van der Waals surface area contributed by atoms with Crippen LogP contribution in [0.5, 0.6) is 0 Å². The summed E-state index contributed by atoms with van der Waals surface area (Å²) in [6.45, 7) is 6.02. The van der Waals surface area contributed by atoms with E-state index in [9.17, 15) is 14.4 Å². The maximum Gasteiger partial charge on any atom is 0.408 e. The Labute approximate surface area is 177 Å². The highest BCUT2D eigenvalue weighted by Crippen LogP contribution is 2.63. The Balaban J connectivity index is 1.61. The van der Waals surface area contributed by atoms with E-state index in [0.29, 0.717) is 25.8 Å². The van der Waals surface area contributed by atoms with Gasteiger partial charge in [0.2, 0.25) is 5.91 Å². The molecule has 0 aliphatic heterocycles. The van der Waals surface area contributed by atoms with Crippen molar-refractivity contribution in [1.82, 2.24) is 20.9 Å². The summed E-state index contributed by atoms with van der Waals surface area (Å²) in [6.07, 6.45) is 2.44. The zero-order chi connectivity index (χ0) is 22.0. The van der Waals surface area contributed by atoms with E-state index in [4.69, 9.17) is 4.74 Å². The van der Waals surface area contributed by atoms with Crippen molar-refractivity contribution >= 4 is 18.0 Å². The van der Waals surface area contributed by atoms with Gasteiger partial charge < -0.3 is 25.6 Å². The number of rotatable bonds is 7. The van der Waals surface area contributed by atoms with Crippen LogP contribution in [-0.2, 0) is 16.0 Å². The fourth-order valence-corrected chi connectivity index (χ4v) is 4.53. The molecule has 164 valence electrons. The van der Waals surface area contributed by atoms with Crippen LogP contribution in [0.2, 0.25) is 0 Å². The molecule has 1 aromatic rings. The highest BCUT2D eigenvalue weighted by atomic mass is 16.6. The minimum Gasteiger partial charge on any atom is -0.444 e. The molecule has 0 spiro atoms. The molecule has 3 N–H and O–H groups in total. The highest BCUT2D eigenvalue weighted by molar-refractivity contribution is 5.85. The van der Waals surface area contributed by atoms with Gasteiger partial charge in [-0.2, -0.15) is 0 Å². The molecule has 0 atom stereocenters. The lowest BCUT2D eigenvalue weighted by Crippen LogP contribution is -2.84. The summed E-state index contributed by atoms with van der Waals surface area (Å²) < 4.78 is 5.37. The normalized spacial score (nSPS) is 24.0. The van der Waals surface area contributed by atoms with Crippen molar-refractivity contribution in [3.63, 3.8) is 0 Å². The molecule has 3 fully saturated rings. The van der Waals surface area contributed by atoms with E-state index in [1.165, 1.54) is 7.05 Å². The molecule has 0 saturated heterocycles. The number of ether oxygens (including phenoxy) is 1. The molecule has 4 amide bonds. The van der Waals surface area contributed by atoms with E-state index in [1.807, 2.05) is 56.0 Å². The average Bonchev–Trinajstić information content (AvgIpc) is 2.62. The van der Waals surface area contributed by atoms with Gasteiger partial charge in [-0.3, -0.25) is 4.79 Å². The molecule has 0 aromatic heterocycles. The van der Waals surface area contributed by atoms with Crippen LogP contribution in [0.3, 0.4) is 0 Å². The van der Waals surface area contributed by atoms with Gasteiger partial charge in [0.05, 0.1) is 12.1 Å². The number of nitrogens with one attached hydrogen (secondary N) is 3. The summed E-state index contributed by atoms with van der Waals surface area (Å²) in [6, 6.07) is 9.63. The van der Waals surface area contributed by atoms with Gasteiger partial charge in [-0.1, -0.05) is 30.3 Å². The number of nitrogens with zero attached hydrogens (tertiary/aromatic N) is 1. The lowest BCUT2D eigenvalue weighted by Gasteiger charge is -2.73. The van der Waals surface area contributed by atoms with Gasteiger partial charge in [0.25, 0.3) is 0 Å². The lowest BCUT2D eigenvalue weighted by molar-refractivity contribution is -0.187. The van der Waals surface area contributed by atoms with Crippen LogP contribution in [0.4, 0.5) is 9.59 Å². The molecule has 0 heterocycles. The van der Waals surface area contributed by atoms with Crippen molar-refractivity contribution in [3.05, 3.63) is 35.9 Å². The predicted molar refractivity (Wildman–Crippen MR) is 113 cm³/mol. The van der Waals surface area contributed by atoms with Crippen LogP contribution in [0.1, 0.15) is 45.6 Å². The minimum atomic E-state index is -0.547. The minimum absolute atomic E-state index is 0.0529. The lowest BCUT2D eigenvalue weighted by atomic mass is 9.43. The molecule has 3 saturated carbocycles. The van der Waals surface area contributed by atoms with E-state index in [0.717, 1.165) is 12.0 Å². The first-order valence-electron chi connectivity index (χ1n) is 10.4. The maximum absolute atomic E-state index is 12.9. The zero-order valence-electron chi connectivity index (χ0n) is 18.2. The number of carbonyl (C=O) groups is 3. The van der Waals surface area contributed by atoms with Crippen LogP contribution >= 0.6 is 0 Å². The number of carbonyl (C=O) groups excluding carboxylic acids is 3. The van der Waals surface area contributed by atoms with Gasteiger partial charge in [0.15, 0.2) is 0 Å². The fourth-order valence-electron chi connectivity index (χ4n) is 4.53. The van der Waals surface area contributed by atoms with E-state index < -0.39 is 11.7 Å². The molecule has 30 heavy (non-hydrogen) atoms. The number of hydrogen-bond acceptors (Lipinski definition) is 4. The zero-order valence-corrected chi connectivity index (χ0v) is 18.2. The first-order valence-corrected chi connectivity index (χ1v) is 10.4. The Hall–Kier alpha value is -2.77. The standard InChI is InChI=1S/C22H32N4O4/c1-20(2,3)30-19(29)25-21-13-22(14-21,15-21)26(17(27)12-24-18(28)23-4)11-10-16-8-6-5-7-9-16/h5-9H,10-15H2,1-4H3,(H,25,29)(H2,23,24,28). The maximum atomic E-state index is 12.9. The number of alkyl carbamates (subject to hydrolysis) is 1. The molecule has 3 aliphatic carbocycles. The monoisotopic (exact) mass is 416 g/mol. The van der Waals surface area contributed by atoms with Crippen molar-refractivity contribution in [2.24, 2.45) is 0 Å². The SMILES string of the molecule is CNC(=O)NCC(=O)N(CCc1ccccc1)C12CC(NC(=O)OC(C)(C)C)(C1)C2. The predicted octanol–water partition coefficient (Wildman–Crippen LogP) is 2.19. The highest BCUT2D eigenvalue weighted by Gasteiger charge is 2.72. The molecule has 8 nitrogen and oxygen atoms in total. The number of amides is 4.